The summed E-state index contributed by atoms with van der Waals surface area (Å²) in [4.78, 5) is 27.4. The molecule has 2 aromatic rings. The first-order valence-electron chi connectivity index (χ1n) is 10.2. The molecule has 168 valence electrons. The van der Waals surface area contributed by atoms with E-state index in [2.05, 4.69) is 5.32 Å². The predicted molar refractivity (Wildman–Crippen MR) is 127 cm³/mol. The highest BCUT2D eigenvalue weighted by atomic mass is 35.5. The van der Waals surface area contributed by atoms with Crippen molar-refractivity contribution in [2.75, 3.05) is 12.3 Å². The molecule has 0 aromatic heterocycles. The first-order chi connectivity index (χ1) is 14.9. The SMILES string of the molecule is CCCNC(=O)[C@H](CC)N(Cc1ccc(F)cc1)C(=O)CSCc1c(Cl)cccc1Cl. The number of carbonyl (C=O) groups excluding carboxylic acids is 2. The number of thioether (sulfide) groups is 1. The summed E-state index contributed by atoms with van der Waals surface area (Å²) < 4.78 is 13.3. The average molecular weight is 485 g/mol. The molecule has 0 spiro atoms. The van der Waals surface area contributed by atoms with Crippen LogP contribution >= 0.6 is 35.0 Å². The quantitative estimate of drug-likeness (QED) is 0.444. The molecular weight excluding hydrogens is 458 g/mol. The highest BCUT2D eigenvalue weighted by molar-refractivity contribution is 7.99. The largest absolute Gasteiger partial charge is 0.354 e. The van der Waals surface area contributed by atoms with Gasteiger partial charge in [-0.05, 0) is 48.2 Å². The van der Waals surface area contributed by atoms with Crippen LogP contribution in [0.15, 0.2) is 42.5 Å². The molecule has 0 saturated heterocycles. The lowest BCUT2D eigenvalue weighted by Crippen LogP contribution is -2.49. The number of amides is 2. The molecule has 0 saturated carbocycles. The van der Waals surface area contributed by atoms with Crippen molar-refractivity contribution in [3.05, 3.63) is 69.5 Å². The van der Waals surface area contributed by atoms with E-state index in [-0.39, 0.29) is 29.9 Å². The van der Waals surface area contributed by atoms with Crippen LogP contribution in [0.3, 0.4) is 0 Å². The summed E-state index contributed by atoms with van der Waals surface area (Å²) in [5.41, 5.74) is 1.54. The van der Waals surface area contributed by atoms with E-state index in [9.17, 15) is 14.0 Å². The van der Waals surface area contributed by atoms with Gasteiger partial charge in [-0.3, -0.25) is 9.59 Å². The normalized spacial score (nSPS) is 11.8. The molecule has 0 radical (unpaired) electrons. The molecule has 2 rings (SSSR count). The molecular formula is C23H27Cl2FN2O2S. The number of rotatable bonds is 11. The Morgan fingerprint density at radius 1 is 1.10 bits per heavy atom. The molecule has 0 aliphatic heterocycles. The Kier molecular flexibility index (Phi) is 10.6. The summed E-state index contributed by atoms with van der Waals surface area (Å²) >= 11 is 13.8. The fourth-order valence-electron chi connectivity index (χ4n) is 3.07. The van der Waals surface area contributed by atoms with Gasteiger partial charge in [-0.1, -0.05) is 55.2 Å². The van der Waals surface area contributed by atoms with Gasteiger partial charge >= 0.3 is 0 Å². The second-order valence-electron chi connectivity index (χ2n) is 7.06. The zero-order valence-corrected chi connectivity index (χ0v) is 20.0. The molecule has 0 aliphatic carbocycles. The smallest absolute Gasteiger partial charge is 0.242 e. The molecule has 8 heteroatoms. The Balaban J connectivity index is 2.14. The van der Waals surface area contributed by atoms with Gasteiger partial charge in [0.05, 0.1) is 5.75 Å². The number of benzene rings is 2. The lowest BCUT2D eigenvalue weighted by molar-refractivity contribution is -0.139. The topological polar surface area (TPSA) is 49.4 Å². The summed E-state index contributed by atoms with van der Waals surface area (Å²) in [6.07, 6.45) is 1.28. The summed E-state index contributed by atoms with van der Waals surface area (Å²) in [6.45, 7) is 4.62. The third kappa shape index (κ3) is 7.70. The molecule has 1 atom stereocenters. The summed E-state index contributed by atoms with van der Waals surface area (Å²) in [7, 11) is 0. The highest BCUT2D eigenvalue weighted by Gasteiger charge is 2.28. The van der Waals surface area contributed by atoms with Crippen LogP contribution in [0, 0.1) is 5.82 Å². The second kappa shape index (κ2) is 12.9. The van der Waals surface area contributed by atoms with Gasteiger partial charge in [-0.2, -0.15) is 0 Å². The van der Waals surface area contributed by atoms with Crippen molar-refractivity contribution >= 4 is 46.8 Å². The first-order valence-corrected chi connectivity index (χ1v) is 12.1. The van der Waals surface area contributed by atoms with E-state index in [1.165, 1.54) is 23.9 Å². The Morgan fingerprint density at radius 2 is 1.74 bits per heavy atom. The Labute approximate surface area is 197 Å². The number of carbonyl (C=O) groups is 2. The Hall–Kier alpha value is -1.76. The molecule has 31 heavy (non-hydrogen) atoms. The molecule has 1 N–H and O–H groups in total. The molecule has 0 aliphatic rings. The van der Waals surface area contributed by atoms with Crippen LogP contribution in [0.5, 0.6) is 0 Å². The Morgan fingerprint density at radius 3 is 2.32 bits per heavy atom. The van der Waals surface area contributed by atoms with Gasteiger partial charge in [-0.15, -0.1) is 11.8 Å². The van der Waals surface area contributed by atoms with Crippen LogP contribution in [-0.4, -0.2) is 35.1 Å². The third-order valence-corrected chi connectivity index (χ3v) is 6.39. The fourth-order valence-corrected chi connectivity index (χ4v) is 4.71. The van der Waals surface area contributed by atoms with Gasteiger partial charge in [0.25, 0.3) is 0 Å². The lowest BCUT2D eigenvalue weighted by atomic mass is 10.1. The molecule has 0 unspecified atom stereocenters. The zero-order chi connectivity index (χ0) is 22.8. The van der Waals surface area contributed by atoms with E-state index in [1.54, 1.807) is 35.2 Å². The van der Waals surface area contributed by atoms with E-state index in [0.29, 0.717) is 28.8 Å². The van der Waals surface area contributed by atoms with Crippen LogP contribution in [0.2, 0.25) is 10.0 Å². The zero-order valence-electron chi connectivity index (χ0n) is 17.7. The van der Waals surface area contributed by atoms with Crippen molar-refractivity contribution in [3.8, 4) is 0 Å². The summed E-state index contributed by atoms with van der Waals surface area (Å²) in [5.74, 6) is -0.0511. The van der Waals surface area contributed by atoms with E-state index in [0.717, 1.165) is 17.5 Å². The average Bonchev–Trinajstić information content (AvgIpc) is 2.75. The van der Waals surface area contributed by atoms with Crippen LogP contribution in [0.4, 0.5) is 4.39 Å². The lowest BCUT2D eigenvalue weighted by Gasteiger charge is -2.30. The third-order valence-electron chi connectivity index (χ3n) is 4.73. The predicted octanol–water partition coefficient (Wildman–Crippen LogP) is 5.70. The Bertz CT molecular complexity index is 860. The number of hydrogen-bond donors (Lipinski definition) is 1. The number of nitrogens with zero attached hydrogens (tertiary/aromatic N) is 1. The minimum Gasteiger partial charge on any atom is -0.354 e. The van der Waals surface area contributed by atoms with Crippen molar-refractivity contribution < 1.29 is 14.0 Å². The van der Waals surface area contributed by atoms with E-state index >= 15 is 0 Å². The number of halogens is 3. The maximum Gasteiger partial charge on any atom is 0.242 e. The van der Waals surface area contributed by atoms with Gasteiger partial charge in [0.15, 0.2) is 0 Å². The molecule has 0 fully saturated rings. The van der Waals surface area contributed by atoms with Crippen molar-refractivity contribution in [1.29, 1.82) is 0 Å². The summed E-state index contributed by atoms with van der Waals surface area (Å²) in [6, 6.07) is 10.7. The van der Waals surface area contributed by atoms with Crippen LogP contribution in [0.1, 0.15) is 37.8 Å². The van der Waals surface area contributed by atoms with Crippen LogP contribution in [-0.2, 0) is 21.9 Å². The molecule has 0 bridgehead atoms. The van der Waals surface area contributed by atoms with Crippen molar-refractivity contribution in [2.24, 2.45) is 0 Å². The van der Waals surface area contributed by atoms with Crippen LogP contribution < -0.4 is 5.32 Å². The fraction of sp³-hybridized carbons (Fsp3) is 0.391. The van der Waals surface area contributed by atoms with Gasteiger partial charge in [0.1, 0.15) is 11.9 Å². The standard InChI is InChI=1S/C23H27Cl2FN2O2S/c1-3-12-27-23(30)21(4-2)28(13-16-8-10-17(26)11-9-16)22(29)15-31-14-18-19(24)6-5-7-20(18)25/h5-11,21H,3-4,12-15H2,1-2H3,(H,27,30)/t21-/m0/s1. The highest BCUT2D eigenvalue weighted by Crippen LogP contribution is 2.28. The van der Waals surface area contributed by atoms with Gasteiger partial charge < -0.3 is 10.2 Å². The number of nitrogens with one attached hydrogen (secondary N) is 1. The van der Waals surface area contributed by atoms with Crippen molar-refractivity contribution in [2.45, 2.75) is 45.0 Å². The monoisotopic (exact) mass is 484 g/mol. The van der Waals surface area contributed by atoms with E-state index in [1.807, 2.05) is 13.8 Å². The van der Waals surface area contributed by atoms with Crippen LogP contribution in [0.25, 0.3) is 0 Å². The van der Waals surface area contributed by atoms with Gasteiger partial charge in [0.2, 0.25) is 11.8 Å². The maximum absolute atomic E-state index is 13.3. The molecule has 2 aromatic carbocycles. The maximum atomic E-state index is 13.3. The molecule has 0 heterocycles. The molecule has 2 amide bonds. The first kappa shape index (κ1) is 25.5. The van der Waals surface area contributed by atoms with Crippen molar-refractivity contribution in [1.82, 2.24) is 10.2 Å². The van der Waals surface area contributed by atoms with Crippen molar-refractivity contribution in [3.63, 3.8) is 0 Å². The van der Waals surface area contributed by atoms with E-state index < -0.39 is 6.04 Å². The van der Waals surface area contributed by atoms with Gasteiger partial charge in [-0.25, -0.2) is 4.39 Å². The van der Waals surface area contributed by atoms with Gasteiger partial charge in [0, 0.05) is 28.9 Å². The minimum atomic E-state index is -0.603. The second-order valence-corrected chi connectivity index (χ2v) is 8.86. The number of hydrogen-bond acceptors (Lipinski definition) is 3. The minimum absolute atomic E-state index is 0.167. The molecule has 4 nitrogen and oxygen atoms in total. The van der Waals surface area contributed by atoms with E-state index in [4.69, 9.17) is 23.2 Å². The summed E-state index contributed by atoms with van der Waals surface area (Å²) in [5, 5.41) is 3.99.